The van der Waals surface area contributed by atoms with Crippen LogP contribution in [0.1, 0.15) is 0 Å². The maximum absolute atomic E-state index is 5.11. The molecule has 0 amide bonds. The van der Waals surface area contributed by atoms with E-state index < -0.39 is 0 Å². The van der Waals surface area contributed by atoms with Crippen LogP contribution in [0, 0.1) is 12.3 Å². The van der Waals surface area contributed by atoms with Gasteiger partial charge >= 0.3 is 0 Å². The van der Waals surface area contributed by atoms with Gasteiger partial charge in [-0.25, -0.2) is 4.99 Å². The monoisotopic (exact) mass is 115 g/mol. The molecule has 0 N–H and O–H groups in total. The molecule has 0 saturated heterocycles. The van der Waals surface area contributed by atoms with Gasteiger partial charge in [-0.15, -0.1) is 6.42 Å². The van der Waals surface area contributed by atoms with Crippen molar-refractivity contribution in [3.05, 3.63) is 30.0 Å². The van der Waals surface area contributed by atoms with Gasteiger partial charge in [-0.3, -0.25) is 0 Å². The predicted molar refractivity (Wildman–Crippen MR) is 38.1 cm³/mol. The van der Waals surface area contributed by atoms with E-state index in [-0.39, 0.29) is 0 Å². The third kappa shape index (κ3) is 1.45. The van der Waals surface area contributed by atoms with Crippen molar-refractivity contribution in [2.75, 3.05) is 0 Å². The molecule has 42 valence electrons. The van der Waals surface area contributed by atoms with Gasteiger partial charge in [-0.05, 0) is 18.0 Å². The van der Waals surface area contributed by atoms with E-state index in [0.717, 1.165) is 5.57 Å². The van der Waals surface area contributed by atoms with Crippen LogP contribution in [0.15, 0.2) is 35.0 Å². The van der Waals surface area contributed by atoms with Crippen LogP contribution in [0.2, 0.25) is 0 Å². The van der Waals surface area contributed by atoms with E-state index in [1.54, 1.807) is 18.4 Å². The summed E-state index contributed by atoms with van der Waals surface area (Å²) in [5, 5.41) is 0. The fourth-order valence-electron chi connectivity index (χ4n) is 0.477. The molecule has 0 fully saturated rings. The van der Waals surface area contributed by atoms with E-state index in [1.165, 1.54) is 0 Å². The van der Waals surface area contributed by atoms with E-state index in [2.05, 4.69) is 16.8 Å². The summed E-state index contributed by atoms with van der Waals surface area (Å²) >= 11 is 0. The molecule has 9 heavy (non-hydrogen) atoms. The molecular weight excluding hydrogens is 110 g/mol. The summed E-state index contributed by atoms with van der Waals surface area (Å²) in [4.78, 5) is 3.74. The molecule has 0 atom stereocenters. The molecule has 1 nitrogen and oxygen atoms in total. The highest BCUT2D eigenvalue weighted by Gasteiger charge is 1.81. The largest absolute Gasteiger partial charge is 0.214 e. The maximum atomic E-state index is 5.11. The molecule has 1 aliphatic heterocycles. The smallest absolute Gasteiger partial charge is 0.0368 e. The van der Waals surface area contributed by atoms with Crippen LogP contribution in [-0.2, 0) is 0 Å². The first kappa shape index (κ1) is 5.62. The fraction of sp³-hybridized carbons (Fsp3) is 0. The van der Waals surface area contributed by atoms with Gasteiger partial charge in [0.1, 0.15) is 0 Å². The fourth-order valence-corrected chi connectivity index (χ4v) is 0.477. The molecule has 1 heterocycles. The normalized spacial score (nSPS) is 14.3. The van der Waals surface area contributed by atoms with Gasteiger partial charge in [-0.2, -0.15) is 0 Å². The Kier molecular flexibility index (Phi) is 1.70. The van der Waals surface area contributed by atoms with Crippen LogP contribution in [0.25, 0.3) is 0 Å². The number of aliphatic imine (C=N–C) groups is 1. The SMILES string of the molecule is C#CC1=CC=CN=C=C1. The molecule has 0 bridgehead atoms. The Morgan fingerprint density at radius 2 is 2.56 bits per heavy atom. The Labute approximate surface area is 54.1 Å². The number of nitrogens with zero attached hydrogens (tertiary/aromatic N) is 1. The third-order valence-corrected chi connectivity index (χ3v) is 0.898. The van der Waals surface area contributed by atoms with E-state index in [1.807, 2.05) is 6.08 Å². The summed E-state index contributed by atoms with van der Waals surface area (Å²) < 4.78 is 0. The number of allylic oxidation sites excluding steroid dienone is 4. The van der Waals surface area contributed by atoms with E-state index >= 15 is 0 Å². The molecular formula is C8H5N. The van der Waals surface area contributed by atoms with Crippen molar-refractivity contribution in [2.45, 2.75) is 0 Å². The van der Waals surface area contributed by atoms with Crippen molar-refractivity contribution < 1.29 is 0 Å². The minimum Gasteiger partial charge on any atom is -0.214 e. The maximum Gasteiger partial charge on any atom is 0.0368 e. The van der Waals surface area contributed by atoms with E-state index in [0.29, 0.717) is 0 Å². The molecule has 1 heteroatoms. The highest BCUT2D eigenvalue weighted by atomic mass is 14.6. The molecule has 0 aromatic rings. The van der Waals surface area contributed by atoms with Crippen molar-refractivity contribution in [1.29, 1.82) is 0 Å². The van der Waals surface area contributed by atoms with Gasteiger partial charge in [0.05, 0.1) is 0 Å². The average molecular weight is 115 g/mol. The first-order chi connectivity index (χ1) is 4.43. The van der Waals surface area contributed by atoms with Gasteiger partial charge in [0.25, 0.3) is 0 Å². The third-order valence-electron chi connectivity index (χ3n) is 0.898. The Bertz CT molecular complexity index is 255. The summed E-state index contributed by atoms with van der Waals surface area (Å²) in [6, 6.07) is 0. The summed E-state index contributed by atoms with van der Waals surface area (Å²) in [6.45, 7) is 0. The summed E-state index contributed by atoms with van der Waals surface area (Å²) in [6.07, 6.45) is 12.0. The van der Waals surface area contributed by atoms with Crippen LogP contribution in [-0.4, -0.2) is 5.87 Å². The Balaban J connectivity index is 2.99. The highest BCUT2D eigenvalue weighted by molar-refractivity contribution is 5.63. The molecule has 1 rings (SSSR count). The zero-order valence-corrected chi connectivity index (χ0v) is 4.83. The first-order valence-electron chi connectivity index (χ1n) is 2.55. The van der Waals surface area contributed by atoms with Gasteiger partial charge in [-0.1, -0.05) is 5.92 Å². The van der Waals surface area contributed by atoms with Crippen molar-refractivity contribution in [3.8, 4) is 12.3 Å². The second-order valence-corrected chi connectivity index (χ2v) is 1.51. The average Bonchev–Trinajstić information content (AvgIpc) is 2.13. The molecule has 0 unspecified atom stereocenters. The Morgan fingerprint density at radius 3 is 3.33 bits per heavy atom. The van der Waals surface area contributed by atoms with Crippen LogP contribution >= 0.6 is 0 Å². The molecule has 0 aromatic heterocycles. The molecule has 0 aliphatic carbocycles. The quantitative estimate of drug-likeness (QED) is 0.422. The second kappa shape index (κ2) is 2.71. The van der Waals surface area contributed by atoms with E-state index in [4.69, 9.17) is 6.42 Å². The molecule has 0 aromatic carbocycles. The molecule has 1 aliphatic rings. The van der Waals surface area contributed by atoms with Crippen LogP contribution in [0.4, 0.5) is 0 Å². The Hall–Kier alpha value is -1.51. The Morgan fingerprint density at radius 1 is 1.67 bits per heavy atom. The van der Waals surface area contributed by atoms with Gasteiger partial charge in [0.2, 0.25) is 0 Å². The lowest BCUT2D eigenvalue weighted by Crippen LogP contribution is -1.66. The van der Waals surface area contributed by atoms with E-state index in [9.17, 15) is 0 Å². The summed E-state index contributed by atoms with van der Waals surface area (Å²) in [7, 11) is 0. The van der Waals surface area contributed by atoms with Crippen molar-refractivity contribution in [3.63, 3.8) is 0 Å². The van der Waals surface area contributed by atoms with Crippen LogP contribution in [0.5, 0.6) is 0 Å². The number of terminal acetylenes is 1. The lowest BCUT2D eigenvalue weighted by Gasteiger charge is -1.77. The lowest BCUT2D eigenvalue weighted by molar-refractivity contribution is 1.61. The zero-order chi connectivity index (χ0) is 6.53. The number of hydrogen-bond donors (Lipinski definition) is 0. The standard InChI is InChI=1S/C8H5N/c1-2-8-4-3-6-9-7-5-8/h1,3-6H. The number of hydrogen-bond acceptors (Lipinski definition) is 1. The minimum absolute atomic E-state index is 0.799. The van der Waals surface area contributed by atoms with Crippen LogP contribution < -0.4 is 0 Å². The van der Waals surface area contributed by atoms with Crippen LogP contribution in [0.3, 0.4) is 0 Å². The topological polar surface area (TPSA) is 12.4 Å². The van der Waals surface area contributed by atoms with Crippen molar-refractivity contribution in [1.82, 2.24) is 0 Å². The number of rotatable bonds is 0. The second-order valence-electron chi connectivity index (χ2n) is 1.51. The minimum atomic E-state index is 0.799. The molecule has 0 spiro atoms. The predicted octanol–water partition coefficient (Wildman–Crippen LogP) is 1.30. The summed E-state index contributed by atoms with van der Waals surface area (Å²) in [5.41, 5.74) is 0.799. The molecule has 0 radical (unpaired) electrons. The summed E-state index contributed by atoms with van der Waals surface area (Å²) in [5.74, 6) is 5.13. The highest BCUT2D eigenvalue weighted by Crippen LogP contribution is 1.94. The lowest BCUT2D eigenvalue weighted by atomic mass is 10.2. The zero-order valence-electron chi connectivity index (χ0n) is 4.83. The van der Waals surface area contributed by atoms with Crippen molar-refractivity contribution in [2.24, 2.45) is 4.99 Å². The first-order valence-corrected chi connectivity index (χ1v) is 2.55. The van der Waals surface area contributed by atoms with Gasteiger partial charge in [0, 0.05) is 17.8 Å². The van der Waals surface area contributed by atoms with Gasteiger partial charge in [0.15, 0.2) is 0 Å². The molecule has 0 saturated carbocycles. The van der Waals surface area contributed by atoms with Gasteiger partial charge < -0.3 is 0 Å². The van der Waals surface area contributed by atoms with Crippen molar-refractivity contribution >= 4 is 5.87 Å².